The number of urea groups is 1. The predicted octanol–water partition coefficient (Wildman–Crippen LogP) is 2.13. The summed E-state index contributed by atoms with van der Waals surface area (Å²) in [6.45, 7) is 3.27. The molecule has 1 aliphatic heterocycles. The molecule has 0 aliphatic carbocycles. The van der Waals surface area contributed by atoms with Crippen LogP contribution in [-0.4, -0.2) is 56.3 Å². The van der Waals surface area contributed by atoms with Crippen LogP contribution in [0.4, 0.5) is 10.5 Å². The Morgan fingerprint density at radius 1 is 1.15 bits per heavy atom. The molecule has 0 bridgehead atoms. The molecule has 2 heterocycles. The summed E-state index contributed by atoms with van der Waals surface area (Å²) in [5.41, 5.74) is 1.97. The van der Waals surface area contributed by atoms with Crippen molar-refractivity contribution in [1.82, 2.24) is 15.2 Å². The second-order valence-electron chi connectivity index (χ2n) is 6.03. The summed E-state index contributed by atoms with van der Waals surface area (Å²) in [4.78, 5) is 20.5. The fraction of sp³-hybridized carbons (Fsp3) is 0.368. The van der Waals surface area contributed by atoms with Gasteiger partial charge in [-0.05, 0) is 23.8 Å². The van der Waals surface area contributed by atoms with Crippen molar-refractivity contribution in [2.75, 3.05) is 45.3 Å². The third kappa shape index (κ3) is 4.17. The minimum absolute atomic E-state index is 0.0499. The van der Waals surface area contributed by atoms with Gasteiger partial charge in [0, 0.05) is 51.2 Å². The van der Waals surface area contributed by atoms with Gasteiger partial charge in [0.05, 0.1) is 19.9 Å². The Labute approximate surface area is 153 Å². The highest BCUT2D eigenvalue weighted by molar-refractivity contribution is 5.74. The van der Waals surface area contributed by atoms with Gasteiger partial charge in [-0.15, -0.1) is 0 Å². The summed E-state index contributed by atoms with van der Waals surface area (Å²) in [5.74, 6) is 1.60. The Bertz CT molecular complexity index is 731. The van der Waals surface area contributed by atoms with Crippen LogP contribution in [0.25, 0.3) is 0 Å². The fourth-order valence-electron chi connectivity index (χ4n) is 2.99. The van der Waals surface area contributed by atoms with Gasteiger partial charge in [-0.2, -0.15) is 0 Å². The van der Waals surface area contributed by atoms with E-state index in [4.69, 9.17) is 9.47 Å². The van der Waals surface area contributed by atoms with Gasteiger partial charge < -0.3 is 24.6 Å². The first kappa shape index (κ1) is 17.8. The molecule has 3 rings (SSSR count). The van der Waals surface area contributed by atoms with Gasteiger partial charge in [-0.25, -0.2) is 4.79 Å². The third-order valence-corrected chi connectivity index (χ3v) is 4.46. The number of nitrogens with zero attached hydrogens (tertiary/aromatic N) is 3. The number of anilines is 1. The van der Waals surface area contributed by atoms with E-state index < -0.39 is 0 Å². The van der Waals surface area contributed by atoms with Gasteiger partial charge in [0.2, 0.25) is 0 Å². The summed E-state index contributed by atoms with van der Waals surface area (Å²) in [7, 11) is 3.31. The molecular formula is C19H24N4O3. The lowest BCUT2D eigenvalue weighted by Gasteiger charge is -2.36. The summed E-state index contributed by atoms with van der Waals surface area (Å²) < 4.78 is 10.8. The highest BCUT2D eigenvalue weighted by atomic mass is 16.5. The first-order chi connectivity index (χ1) is 12.7. The molecule has 7 nitrogen and oxygen atoms in total. The lowest BCUT2D eigenvalue weighted by Crippen LogP contribution is -2.51. The lowest BCUT2D eigenvalue weighted by atomic mass is 10.2. The van der Waals surface area contributed by atoms with E-state index >= 15 is 0 Å². The van der Waals surface area contributed by atoms with Crippen molar-refractivity contribution < 1.29 is 14.3 Å². The topological polar surface area (TPSA) is 66.9 Å². The molecule has 2 amide bonds. The minimum atomic E-state index is -0.0499. The number of carbonyl (C=O) groups excluding carboxylic acids is 1. The van der Waals surface area contributed by atoms with Crippen LogP contribution < -0.4 is 19.7 Å². The van der Waals surface area contributed by atoms with E-state index in [0.717, 1.165) is 35.8 Å². The monoisotopic (exact) mass is 356 g/mol. The molecule has 138 valence electrons. The van der Waals surface area contributed by atoms with Gasteiger partial charge >= 0.3 is 6.03 Å². The van der Waals surface area contributed by atoms with Crippen molar-refractivity contribution in [2.24, 2.45) is 0 Å². The molecule has 1 aliphatic rings. The number of methoxy groups -OCH3 is 2. The lowest BCUT2D eigenvalue weighted by molar-refractivity contribution is 0.194. The molecule has 1 saturated heterocycles. The van der Waals surface area contributed by atoms with Crippen molar-refractivity contribution in [1.29, 1.82) is 0 Å². The number of hydrogen-bond acceptors (Lipinski definition) is 5. The average Bonchev–Trinajstić information content (AvgIpc) is 2.72. The number of benzene rings is 1. The smallest absolute Gasteiger partial charge is 0.317 e. The van der Waals surface area contributed by atoms with E-state index in [0.29, 0.717) is 19.6 Å². The third-order valence-electron chi connectivity index (χ3n) is 4.46. The van der Waals surface area contributed by atoms with E-state index in [2.05, 4.69) is 15.2 Å². The maximum atomic E-state index is 12.4. The molecule has 2 aromatic rings. The van der Waals surface area contributed by atoms with Crippen LogP contribution in [0.1, 0.15) is 5.56 Å². The van der Waals surface area contributed by atoms with E-state index in [-0.39, 0.29) is 6.03 Å². The van der Waals surface area contributed by atoms with Crippen molar-refractivity contribution in [2.45, 2.75) is 6.54 Å². The molecule has 7 heteroatoms. The molecule has 0 unspecified atom stereocenters. The Hall–Kier alpha value is -2.96. The predicted molar refractivity (Wildman–Crippen MR) is 99.8 cm³/mol. The number of carbonyl (C=O) groups is 1. The zero-order valence-corrected chi connectivity index (χ0v) is 15.1. The van der Waals surface area contributed by atoms with Crippen LogP contribution >= 0.6 is 0 Å². The summed E-state index contributed by atoms with van der Waals surface area (Å²) in [6, 6.07) is 9.51. The minimum Gasteiger partial charge on any atom is -0.497 e. The fourth-order valence-corrected chi connectivity index (χ4v) is 2.99. The number of pyridine rings is 1. The highest BCUT2D eigenvalue weighted by Crippen LogP contribution is 2.32. The number of piperazine rings is 1. The van der Waals surface area contributed by atoms with Crippen LogP contribution in [0.2, 0.25) is 0 Å². The number of aromatic nitrogens is 1. The molecule has 1 N–H and O–H groups in total. The molecule has 0 spiro atoms. The Morgan fingerprint density at radius 3 is 2.62 bits per heavy atom. The van der Waals surface area contributed by atoms with Crippen LogP contribution in [0, 0.1) is 0 Å². The van der Waals surface area contributed by atoms with E-state index in [1.165, 1.54) is 0 Å². The maximum absolute atomic E-state index is 12.4. The number of nitrogens with one attached hydrogen (secondary N) is 1. The SMILES string of the molecule is COc1ccc(OC)c(N2CCN(C(=O)NCc3cccnc3)CC2)c1. The number of amides is 2. The molecule has 26 heavy (non-hydrogen) atoms. The molecule has 0 atom stereocenters. The van der Waals surface area contributed by atoms with Gasteiger partial charge in [0.25, 0.3) is 0 Å². The Morgan fingerprint density at radius 2 is 1.96 bits per heavy atom. The molecular weight excluding hydrogens is 332 g/mol. The van der Waals surface area contributed by atoms with Gasteiger partial charge in [-0.3, -0.25) is 4.98 Å². The first-order valence-corrected chi connectivity index (χ1v) is 8.60. The molecule has 0 radical (unpaired) electrons. The van der Waals surface area contributed by atoms with Crippen molar-refractivity contribution in [3.05, 3.63) is 48.3 Å². The Balaban J connectivity index is 1.56. The van der Waals surface area contributed by atoms with Crippen LogP contribution in [0.5, 0.6) is 11.5 Å². The summed E-state index contributed by atoms with van der Waals surface area (Å²) in [6.07, 6.45) is 3.48. The molecule has 1 aromatic heterocycles. The van der Waals surface area contributed by atoms with Gasteiger partial charge in [-0.1, -0.05) is 6.07 Å². The number of ether oxygens (including phenoxy) is 2. The average molecular weight is 356 g/mol. The Kier molecular flexibility index (Phi) is 5.78. The summed E-state index contributed by atoms with van der Waals surface area (Å²) in [5, 5.41) is 2.95. The largest absolute Gasteiger partial charge is 0.497 e. The normalized spacial score (nSPS) is 14.1. The van der Waals surface area contributed by atoms with Gasteiger partial charge in [0.15, 0.2) is 0 Å². The van der Waals surface area contributed by atoms with E-state index in [1.54, 1.807) is 26.6 Å². The highest BCUT2D eigenvalue weighted by Gasteiger charge is 2.23. The second-order valence-corrected chi connectivity index (χ2v) is 6.03. The van der Waals surface area contributed by atoms with Crippen LogP contribution in [0.3, 0.4) is 0 Å². The van der Waals surface area contributed by atoms with Crippen molar-refractivity contribution >= 4 is 11.7 Å². The molecule has 1 fully saturated rings. The number of hydrogen-bond donors (Lipinski definition) is 1. The zero-order chi connectivity index (χ0) is 18.4. The quantitative estimate of drug-likeness (QED) is 0.889. The standard InChI is InChI=1S/C19H24N4O3/c1-25-16-5-6-18(26-2)17(12-16)22-8-10-23(11-9-22)19(24)21-14-15-4-3-7-20-13-15/h3-7,12-13H,8-11,14H2,1-2H3,(H,21,24). The second kappa shape index (κ2) is 8.42. The van der Waals surface area contributed by atoms with Gasteiger partial charge in [0.1, 0.15) is 11.5 Å². The summed E-state index contributed by atoms with van der Waals surface area (Å²) >= 11 is 0. The van der Waals surface area contributed by atoms with Crippen molar-refractivity contribution in [3.63, 3.8) is 0 Å². The van der Waals surface area contributed by atoms with Crippen molar-refractivity contribution in [3.8, 4) is 11.5 Å². The van der Waals surface area contributed by atoms with E-state index in [1.807, 2.05) is 35.2 Å². The van der Waals surface area contributed by atoms with Crippen LogP contribution in [0.15, 0.2) is 42.7 Å². The zero-order valence-electron chi connectivity index (χ0n) is 15.1. The molecule has 0 saturated carbocycles. The molecule has 1 aromatic carbocycles. The van der Waals surface area contributed by atoms with Crippen LogP contribution in [-0.2, 0) is 6.54 Å². The van der Waals surface area contributed by atoms with E-state index in [9.17, 15) is 4.79 Å². The maximum Gasteiger partial charge on any atom is 0.317 e. The first-order valence-electron chi connectivity index (χ1n) is 8.60. The number of rotatable bonds is 5.